The summed E-state index contributed by atoms with van der Waals surface area (Å²) < 4.78 is 54.6. The molecular weight excluding hydrogens is 556 g/mol. The summed E-state index contributed by atoms with van der Waals surface area (Å²) in [7, 11) is -4.38. The van der Waals surface area contributed by atoms with Crippen LogP contribution in [-0.2, 0) is 14.9 Å². The molecular formula is C29H22O11S. The van der Waals surface area contributed by atoms with Gasteiger partial charge in [0.25, 0.3) is 10.1 Å². The van der Waals surface area contributed by atoms with Crippen LogP contribution in [0.1, 0.15) is 52.8 Å². The Morgan fingerprint density at radius 2 is 1.66 bits per heavy atom. The molecule has 2 aromatic carbocycles. The summed E-state index contributed by atoms with van der Waals surface area (Å²) >= 11 is 0. The largest absolute Gasteiger partial charge is 0.447 e. The normalized spacial score (nSPS) is 28.0. The zero-order chi connectivity index (χ0) is 28.4. The molecule has 0 amide bonds. The fourth-order valence-electron chi connectivity index (χ4n) is 7.71. The maximum Gasteiger partial charge on any atom is 0.348 e. The topological polar surface area (TPSA) is 167 Å². The molecule has 2 N–H and O–H groups in total. The number of carbonyl (C=O) groups excluding carboxylic acids is 3. The molecule has 6 bridgehead atoms. The van der Waals surface area contributed by atoms with Gasteiger partial charge in [0, 0.05) is 0 Å². The SMILES string of the molecule is O=C1Oc2c(OC(=O)C34CC5CC(C3)C(O)C(C5)C4)c3oc2c1c3C(=O)Oc1ccc2cc(S(=O)(=O)O)ccc2c1. The van der Waals surface area contributed by atoms with Gasteiger partial charge in [0.05, 0.1) is 16.4 Å². The molecule has 210 valence electrons. The standard InChI is InChI=1S/C29H22O11S/c30-21-15-5-12-6-16(21)11-29(9-12,10-15)28(33)40-25-23-19(20-22(38-23)24(25)39-27(20)32)26(31)37-17-3-1-14-8-18(41(34,35)36)4-2-13(14)7-17/h1-4,7-8,12,15-16,21,30H,5-6,9-11H2,(H,34,35,36). The van der Waals surface area contributed by atoms with Gasteiger partial charge in [0.15, 0.2) is 11.2 Å². The number of aliphatic hydroxyl groups excluding tert-OH is 1. The molecule has 12 heteroatoms. The highest BCUT2D eigenvalue weighted by atomic mass is 32.2. The highest BCUT2D eigenvalue weighted by molar-refractivity contribution is 7.85. The summed E-state index contributed by atoms with van der Waals surface area (Å²) in [4.78, 5) is 39.4. The molecule has 2 unspecified atom stereocenters. The van der Waals surface area contributed by atoms with E-state index in [-0.39, 0.29) is 56.3 Å². The van der Waals surface area contributed by atoms with Gasteiger partial charge in [0.1, 0.15) is 16.9 Å². The first-order chi connectivity index (χ1) is 19.5. The lowest BCUT2D eigenvalue weighted by Crippen LogP contribution is -2.57. The molecule has 1 aliphatic heterocycles. The van der Waals surface area contributed by atoms with Gasteiger partial charge in [-0.05, 0) is 84.9 Å². The van der Waals surface area contributed by atoms with Crippen molar-refractivity contribution < 1.29 is 51.1 Å². The van der Waals surface area contributed by atoms with Crippen LogP contribution < -0.4 is 14.2 Å². The molecule has 0 radical (unpaired) electrons. The third-order valence-corrected chi connectivity index (χ3v) is 10.1. The number of rotatable bonds is 5. The molecule has 4 fully saturated rings. The summed E-state index contributed by atoms with van der Waals surface area (Å²) in [5.74, 6) is -1.84. The van der Waals surface area contributed by atoms with E-state index in [1.807, 2.05) is 0 Å². The Labute approximate surface area is 232 Å². The first-order valence-corrected chi connectivity index (χ1v) is 14.7. The predicted octanol–water partition coefficient (Wildman–Crippen LogP) is 4.11. The summed E-state index contributed by atoms with van der Waals surface area (Å²) in [6, 6.07) is 8.39. The molecule has 0 saturated heterocycles. The van der Waals surface area contributed by atoms with Crippen LogP contribution in [-0.4, -0.2) is 42.1 Å². The molecule has 11 nitrogen and oxygen atoms in total. The molecule has 2 aromatic heterocycles. The molecule has 9 rings (SSSR count). The quantitative estimate of drug-likeness (QED) is 0.199. The second-order valence-corrected chi connectivity index (χ2v) is 13.1. The first-order valence-electron chi connectivity index (χ1n) is 13.3. The minimum absolute atomic E-state index is 0.0111. The van der Waals surface area contributed by atoms with E-state index in [0.29, 0.717) is 36.0 Å². The molecule has 5 aliphatic rings. The summed E-state index contributed by atoms with van der Waals surface area (Å²) in [6.07, 6.45) is 3.11. The average Bonchev–Trinajstić information content (AvgIpc) is 3.54. The van der Waals surface area contributed by atoms with Crippen LogP contribution in [0.2, 0.25) is 0 Å². The Kier molecular flexibility index (Phi) is 4.87. The number of hydrogen-bond acceptors (Lipinski definition) is 10. The number of hydrogen-bond donors (Lipinski definition) is 2. The maximum absolute atomic E-state index is 13.6. The highest BCUT2D eigenvalue weighted by Crippen LogP contribution is 2.61. The summed E-state index contributed by atoms with van der Waals surface area (Å²) in [5, 5.41) is 11.6. The molecule has 41 heavy (non-hydrogen) atoms. The van der Waals surface area contributed by atoms with Crippen LogP contribution in [0, 0.1) is 23.2 Å². The zero-order valence-corrected chi connectivity index (χ0v) is 22.1. The van der Waals surface area contributed by atoms with Gasteiger partial charge in [-0.2, -0.15) is 8.42 Å². The number of benzene rings is 3. The van der Waals surface area contributed by atoms with E-state index in [2.05, 4.69) is 0 Å². The van der Waals surface area contributed by atoms with E-state index >= 15 is 0 Å². The molecule has 4 aliphatic carbocycles. The van der Waals surface area contributed by atoms with E-state index in [0.717, 1.165) is 12.8 Å². The van der Waals surface area contributed by atoms with Gasteiger partial charge in [-0.25, -0.2) is 9.59 Å². The zero-order valence-electron chi connectivity index (χ0n) is 21.3. The van der Waals surface area contributed by atoms with Crippen molar-refractivity contribution in [3.8, 4) is 17.2 Å². The molecule has 3 heterocycles. The van der Waals surface area contributed by atoms with Gasteiger partial charge in [0.2, 0.25) is 11.5 Å². The van der Waals surface area contributed by atoms with Gasteiger partial charge < -0.3 is 23.7 Å². The minimum atomic E-state index is -4.38. The lowest BCUT2D eigenvalue weighted by atomic mass is 9.48. The number of carbonyl (C=O) groups is 3. The Bertz CT molecular complexity index is 1920. The van der Waals surface area contributed by atoms with Crippen molar-refractivity contribution in [1.29, 1.82) is 0 Å². The molecule has 4 saturated carbocycles. The second-order valence-electron chi connectivity index (χ2n) is 11.7. The fraction of sp³-hybridized carbons (Fsp3) is 0.345. The van der Waals surface area contributed by atoms with Crippen molar-refractivity contribution in [3.05, 3.63) is 47.5 Å². The van der Waals surface area contributed by atoms with Crippen molar-refractivity contribution in [2.75, 3.05) is 0 Å². The second kappa shape index (κ2) is 8.05. The lowest BCUT2D eigenvalue weighted by Gasteiger charge is -2.57. The van der Waals surface area contributed by atoms with E-state index in [1.54, 1.807) is 0 Å². The Hall–Kier alpha value is -4.00. The van der Waals surface area contributed by atoms with Crippen molar-refractivity contribution in [2.24, 2.45) is 23.2 Å². The summed E-state index contributed by atoms with van der Waals surface area (Å²) in [6.45, 7) is 0. The number of furan rings is 2. The van der Waals surface area contributed by atoms with Crippen LogP contribution >= 0.6 is 0 Å². The van der Waals surface area contributed by atoms with E-state index in [9.17, 15) is 32.5 Å². The van der Waals surface area contributed by atoms with E-state index in [4.69, 9.17) is 18.6 Å². The number of esters is 3. The monoisotopic (exact) mass is 578 g/mol. The number of fused-ring (bicyclic) bond motifs is 2. The first kappa shape index (κ1) is 24.8. The number of aliphatic hydroxyl groups is 1. The lowest BCUT2D eigenvalue weighted by molar-refractivity contribution is -0.175. The highest BCUT2D eigenvalue weighted by Gasteiger charge is 2.59. The third-order valence-electron chi connectivity index (χ3n) is 9.27. The van der Waals surface area contributed by atoms with Crippen LogP contribution in [0.4, 0.5) is 0 Å². The Balaban J connectivity index is 1.10. The van der Waals surface area contributed by atoms with Gasteiger partial charge in [-0.1, -0.05) is 12.1 Å². The molecule has 4 aromatic rings. The van der Waals surface area contributed by atoms with Gasteiger partial charge in [-0.15, -0.1) is 0 Å². The number of ether oxygens (including phenoxy) is 3. The van der Waals surface area contributed by atoms with Crippen molar-refractivity contribution in [1.82, 2.24) is 0 Å². The summed E-state index contributed by atoms with van der Waals surface area (Å²) in [5.41, 5.74) is -1.16. The Morgan fingerprint density at radius 3 is 2.39 bits per heavy atom. The van der Waals surface area contributed by atoms with Gasteiger partial charge >= 0.3 is 17.9 Å². The third kappa shape index (κ3) is 3.50. The molecule has 2 atom stereocenters. The molecule has 0 spiro atoms. The minimum Gasteiger partial charge on any atom is -0.447 e. The van der Waals surface area contributed by atoms with Gasteiger partial charge in [-0.3, -0.25) is 9.35 Å². The predicted molar refractivity (Wildman–Crippen MR) is 139 cm³/mol. The fourth-order valence-corrected chi connectivity index (χ4v) is 8.22. The van der Waals surface area contributed by atoms with Crippen molar-refractivity contribution in [3.63, 3.8) is 0 Å². The van der Waals surface area contributed by atoms with E-state index in [1.165, 1.54) is 36.4 Å². The Morgan fingerprint density at radius 1 is 0.951 bits per heavy atom. The van der Waals surface area contributed by atoms with E-state index < -0.39 is 39.5 Å². The van der Waals surface area contributed by atoms with Crippen LogP contribution in [0.3, 0.4) is 0 Å². The van der Waals surface area contributed by atoms with Crippen LogP contribution in [0.5, 0.6) is 17.2 Å². The van der Waals surface area contributed by atoms with Crippen molar-refractivity contribution >= 4 is 50.0 Å². The maximum atomic E-state index is 13.6. The average molecular weight is 579 g/mol. The van der Waals surface area contributed by atoms with Crippen molar-refractivity contribution in [2.45, 2.75) is 43.1 Å². The smallest absolute Gasteiger partial charge is 0.348 e. The van der Waals surface area contributed by atoms with Crippen LogP contribution in [0.25, 0.3) is 21.9 Å². The van der Waals surface area contributed by atoms with Crippen LogP contribution in [0.15, 0.2) is 45.7 Å².